The highest BCUT2D eigenvalue weighted by atomic mass is 16.7. The maximum atomic E-state index is 12.1. The van der Waals surface area contributed by atoms with Crippen molar-refractivity contribution >= 4 is 12.3 Å². The summed E-state index contributed by atoms with van der Waals surface area (Å²) in [5.41, 5.74) is -0.0452. The van der Waals surface area contributed by atoms with E-state index in [4.69, 9.17) is 4.84 Å². The number of carbonyl (C=O) groups is 1. The van der Waals surface area contributed by atoms with Crippen molar-refractivity contribution in [2.24, 2.45) is 10.4 Å². The van der Waals surface area contributed by atoms with Gasteiger partial charge >= 0.3 is 6.09 Å². The largest absolute Gasteiger partial charge is 0.434 e. The highest BCUT2D eigenvalue weighted by Gasteiger charge is 2.32. The molecule has 5 nitrogen and oxygen atoms in total. The van der Waals surface area contributed by atoms with Crippen molar-refractivity contribution in [2.45, 2.75) is 46.1 Å². The Morgan fingerprint density at radius 3 is 2.58 bits per heavy atom. The number of likely N-dealkylation sites (tertiary alicyclic amines) is 1. The van der Waals surface area contributed by atoms with Crippen LogP contribution in [0.15, 0.2) is 17.4 Å². The second-order valence-corrected chi connectivity index (χ2v) is 6.17. The summed E-state index contributed by atoms with van der Waals surface area (Å²) in [7, 11) is 0. The zero-order chi connectivity index (χ0) is 13.9. The fraction of sp³-hybridized carbons (Fsp3) is 0.714. The van der Waals surface area contributed by atoms with E-state index in [2.05, 4.69) is 25.8 Å². The number of hydrogen-bond acceptors (Lipinski definition) is 4. The summed E-state index contributed by atoms with van der Waals surface area (Å²) in [6.07, 6.45) is 8.26. The first-order valence-electron chi connectivity index (χ1n) is 6.94. The van der Waals surface area contributed by atoms with E-state index >= 15 is 0 Å². The van der Waals surface area contributed by atoms with E-state index in [9.17, 15) is 4.79 Å². The molecular formula is C14H23N3O2. The van der Waals surface area contributed by atoms with Gasteiger partial charge in [0.2, 0.25) is 0 Å². The second kappa shape index (κ2) is 5.63. The van der Waals surface area contributed by atoms with Gasteiger partial charge in [-0.1, -0.05) is 20.8 Å². The molecule has 0 aromatic heterocycles. The van der Waals surface area contributed by atoms with E-state index in [1.165, 1.54) is 6.42 Å². The van der Waals surface area contributed by atoms with Crippen LogP contribution in [0.1, 0.15) is 40.0 Å². The van der Waals surface area contributed by atoms with Crippen LogP contribution in [0.4, 0.5) is 4.79 Å². The predicted molar refractivity (Wildman–Crippen MR) is 74.6 cm³/mol. The molecule has 0 radical (unpaired) electrons. The van der Waals surface area contributed by atoms with Gasteiger partial charge in [-0.05, 0) is 24.7 Å². The maximum absolute atomic E-state index is 12.1. The molecule has 0 bridgehead atoms. The van der Waals surface area contributed by atoms with Crippen LogP contribution < -0.4 is 0 Å². The van der Waals surface area contributed by atoms with Gasteiger partial charge in [0.1, 0.15) is 6.04 Å². The van der Waals surface area contributed by atoms with Gasteiger partial charge in [-0.15, -0.1) is 0 Å². The lowest BCUT2D eigenvalue weighted by Gasteiger charge is -2.37. The van der Waals surface area contributed by atoms with Gasteiger partial charge in [-0.25, -0.2) is 9.86 Å². The van der Waals surface area contributed by atoms with Gasteiger partial charge in [0.15, 0.2) is 0 Å². The van der Waals surface area contributed by atoms with Crippen molar-refractivity contribution in [2.75, 3.05) is 13.1 Å². The van der Waals surface area contributed by atoms with E-state index in [1.54, 1.807) is 22.4 Å². The Balaban J connectivity index is 1.98. The smallest absolute Gasteiger partial charge is 0.321 e. The Hall–Kier alpha value is -1.52. The van der Waals surface area contributed by atoms with E-state index in [-0.39, 0.29) is 17.6 Å². The number of aliphatic imine (C=N–C) groups is 1. The minimum atomic E-state index is -0.256. The van der Waals surface area contributed by atoms with Crippen LogP contribution in [-0.4, -0.2) is 41.4 Å². The van der Waals surface area contributed by atoms with Crippen LogP contribution in [0.25, 0.3) is 0 Å². The van der Waals surface area contributed by atoms with Gasteiger partial charge in [0.05, 0.1) is 6.20 Å². The topological polar surface area (TPSA) is 45.1 Å². The molecule has 0 saturated carbocycles. The lowest BCUT2D eigenvalue weighted by molar-refractivity contribution is -0.108. The molecule has 0 spiro atoms. The number of hydroxylamine groups is 2. The van der Waals surface area contributed by atoms with Gasteiger partial charge in [-0.2, -0.15) is 0 Å². The van der Waals surface area contributed by atoms with Crippen molar-refractivity contribution < 1.29 is 9.63 Å². The molecular weight excluding hydrogens is 242 g/mol. The molecule has 2 aliphatic heterocycles. The van der Waals surface area contributed by atoms with Crippen LogP contribution in [-0.2, 0) is 4.84 Å². The van der Waals surface area contributed by atoms with Crippen molar-refractivity contribution in [1.29, 1.82) is 0 Å². The standard InChI is InChI=1S/C14H23N3O2/c1-14(2,3)12-11-15-7-10-17(12)19-13(18)16-8-5-4-6-9-16/h7,10-12H,4-6,8-9H2,1-3H3. The first-order valence-corrected chi connectivity index (χ1v) is 6.94. The molecule has 1 unspecified atom stereocenters. The first-order chi connectivity index (χ1) is 8.98. The van der Waals surface area contributed by atoms with Crippen LogP contribution in [0.5, 0.6) is 0 Å². The van der Waals surface area contributed by atoms with Crippen LogP contribution >= 0.6 is 0 Å². The van der Waals surface area contributed by atoms with Crippen LogP contribution in [0, 0.1) is 5.41 Å². The minimum absolute atomic E-state index is 0.0359. The van der Waals surface area contributed by atoms with Gasteiger partial charge in [-0.3, -0.25) is 4.99 Å². The molecule has 0 N–H and O–H groups in total. The Kier molecular flexibility index (Phi) is 4.12. The summed E-state index contributed by atoms with van der Waals surface area (Å²) in [5, 5.41) is 1.62. The monoisotopic (exact) mass is 265 g/mol. The number of carbonyl (C=O) groups excluding carboxylic acids is 1. The third-order valence-electron chi connectivity index (χ3n) is 3.49. The molecule has 5 heteroatoms. The first kappa shape index (κ1) is 13.9. The van der Waals surface area contributed by atoms with E-state index in [0.717, 1.165) is 25.9 Å². The highest BCUT2D eigenvalue weighted by Crippen LogP contribution is 2.26. The van der Waals surface area contributed by atoms with Gasteiger partial charge in [0, 0.05) is 25.5 Å². The number of piperidine rings is 1. The number of hydrogen-bond donors (Lipinski definition) is 0. The number of amides is 1. The normalized spacial score (nSPS) is 23.6. The second-order valence-electron chi connectivity index (χ2n) is 6.17. The molecule has 19 heavy (non-hydrogen) atoms. The van der Waals surface area contributed by atoms with Crippen molar-refractivity contribution in [3.8, 4) is 0 Å². The van der Waals surface area contributed by atoms with E-state index < -0.39 is 0 Å². The Labute approximate surface area is 114 Å². The van der Waals surface area contributed by atoms with Crippen LogP contribution in [0.2, 0.25) is 0 Å². The van der Waals surface area contributed by atoms with Gasteiger partial charge < -0.3 is 9.74 Å². The molecule has 2 rings (SSSR count). The average Bonchev–Trinajstić information content (AvgIpc) is 2.39. The lowest BCUT2D eigenvalue weighted by atomic mass is 9.87. The molecule has 1 saturated heterocycles. The Morgan fingerprint density at radius 1 is 1.26 bits per heavy atom. The maximum Gasteiger partial charge on any atom is 0.434 e. The zero-order valence-corrected chi connectivity index (χ0v) is 12.0. The van der Waals surface area contributed by atoms with E-state index in [1.807, 2.05) is 6.21 Å². The third-order valence-corrected chi connectivity index (χ3v) is 3.49. The highest BCUT2D eigenvalue weighted by molar-refractivity contribution is 5.70. The molecule has 2 aliphatic rings. The third kappa shape index (κ3) is 3.49. The summed E-state index contributed by atoms with van der Waals surface area (Å²) in [4.78, 5) is 23.6. The minimum Gasteiger partial charge on any atom is -0.321 e. The molecule has 0 aliphatic carbocycles. The predicted octanol–water partition coefficient (Wildman–Crippen LogP) is 2.80. The quantitative estimate of drug-likeness (QED) is 0.732. The van der Waals surface area contributed by atoms with Crippen LogP contribution in [0.3, 0.4) is 0 Å². The van der Waals surface area contributed by atoms with Crippen molar-refractivity contribution in [1.82, 2.24) is 9.96 Å². The number of nitrogens with zero attached hydrogens (tertiary/aromatic N) is 3. The molecule has 1 atom stereocenters. The lowest BCUT2D eigenvalue weighted by Crippen LogP contribution is -2.47. The molecule has 106 valence electrons. The summed E-state index contributed by atoms with van der Waals surface area (Å²) in [6, 6.07) is -0.0359. The zero-order valence-electron chi connectivity index (χ0n) is 12.0. The van der Waals surface area contributed by atoms with Crippen molar-refractivity contribution in [3.05, 3.63) is 12.4 Å². The molecule has 0 aromatic rings. The van der Waals surface area contributed by atoms with E-state index in [0.29, 0.717) is 0 Å². The Bertz CT molecular complexity index is 379. The molecule has 1 fully saturated rings. The average molecular weight is 265 g/mol. The van der Waals surface area contributed by atoms with Gasteiger partial charge in [0.25, 0.3) is 0 Å². The summed E-state index contributed by atoms with van der Waals surface area (Å²) in [6.45, 7) is 7.90. The molecule has 1 amide bonds. The SMILES string of the molecule is CC(C)(C)C1C=NC=CN1OC(=O)N1CCCCC1. The summed E-state index contributed by atoms with van der Waals surface area (Å²) >= 11 is 0. The summed E-state index contributed by atoms with van der Waals surface area (Å²) in [5.74, 6) is 0. The molecule has 0 aromatic carbocycles. The molecule has 2 heterocycles. The Morgan fingerprint density at radius 2 is 1.95 bits per heavy atom. The number of rotatable bonds is 1. The fourth-order valence-electron chi connectivity index (χ4n) is 2.31. The van der Waals surface area contributed by atoms with Crippen molar-refractivity contribution in [3.63, 3.8) is 0 Å². The fourth-order valence-corrected chi connectivity index (χ4v) is 2.31. The summed E-state index contributed by atoms with van der Waals surface area (Å²) < 4.78 is 0.